The highest BCUT2D eigenvalue weighted by Crippen LogP contribution is 2.27. The van der Waals surface area contributed by atoms with Crippen molar-refractivity contribution in [1.82, 2.24) is 4.98 Å². The summed E-state index contributed by atoms with van der Waals surface area (Å²) in [6, 6.07) is 12.9. The lowest BCUT2D eigenvalue weighted by Gasteiger charge is -2.04. The van der Waals surface area contributed by atoms with Crippen molar-refractivity contribution in [1.29, 1.82) is 5.26 Å². The van der Waals surface area contributed by atoms with Crippen LogP contribution in [-0.4, -0.2) is 4.98 Å². The van der Waals surface area contributed by atoms with Crippen LogP contribution in [0.15, 0.2) is 40.9 Å². The monoisotopic (exact) mass is 273 g/mol. The topological polar surface area (TPSA) is 62.7 Å². The number of halogens is 1. The Morgan fingerprint density at radius 1 is 1.12 bits per heavy atom. The number of nitriles is 1. The molecule has 0 unspecified atom stereocenters. The van der Waals surface area contributed by atoms with Crippen LogP contribution in [0.4, 0.5) is 5.82 Å². The third kappa shape index (κ3) is 2.05. The first-order chi connectivity index (χ1) is 7.70. The molecule has 3 nitrogen and oxygen atoms in total. The highest BCUT2D eigenvalue weighted by molar-refractivity contribution is 9.10. The zero-order valence-corrected chi connectivity index (χ0v) is 9.90. The molecule has 78 valence electrons. The predicted octanol–water partition coefficient (Wildman–Crippen LogP) is 2.96. The van der Waals surface area contributed by atoms with Crippen molar-refractivity contribution in [3.05, 3.63) is 46.4 Å². The summed E-state index contributed by atoms with van der Waals surface area (Å²) in [6.07, 6.45) is 0. The van der Waals surface area contributed by atoms with Gasteiger partial charge in [-0.25, -0.2) is 4.98 Å². The molecule has 0 atom stereocenters. The number of anilines is 1. The van der Waals surface area contributed by atoms with E-state index in [1.807, 2.05) is 18.2 Å². The third-order valence-corrected chi connectivity index (χ3v) is 2.79. The van der Waals surface area contributed by atoms with Crippen LogP contribution in [0, 0.1) is 11.3 Å². The number of pyridine rings is 1. The normalized spacial score (nSPS) is 9.75. The van der Waals surface area contributed by atoms with Gasteiger partial charge in [0.1, 0.15) is 5.82 Å². The molecule has 2 aromatic rings. The van der Waals surface area contributed by atoms with E-state index >= 15 is 0 Å². The van der Waals surface area contributed by atoms with Crippen molar-refractivity contribution in [2.45, 2.75) is 0 Å². The van der Waals surface area contributed by atoms with Crippen LogP contribution in [-0.2, 0) is 0 Å². The number of hydrogen-bond acceptors (Lipinski definition) is 3. The van der Waals surface area contributed by atoms with E-state index in [1.54, 1.807) is 18.2 Å². The van der Waals surface area contributed by atoms with Crippen LogP contribution in [0.25, 0.3) is 11.3 Å². The van der Waals surface area contributed by atoms with Gasteiger partial charge in [-0.05, 0) is 40.2 Å². The molecule has 0 aliphatic heterocycles. The SMILES string of the molecule is N#Cc1ccc(-c2nc(N)ccc2Br)cc1. The van der Waals surface area contributed by atoms with E-state index in [-0.39, 0.29) is 0 Å². The van der Waals surface area contributed by atoms with E-state index in [0.717, 1.165) is 15.7 Å². The van der Waals surface area contributed by atoms with Gasteiger partial charge in [0, 0.05) is 10.0 Å². The molecule has 16 heavy (non-hydrogen) atoms. The minimum atomic E-state index is 0.475. The number of nitrogens with zero attached hydrogens (tertiary/aromatic N) is 2. The molecular formula is C12H8BrN3. The van der Waals surface area contributed by atoms with Crippen molar-refractivity contribution in [2.24, 2.45) is 0 Å². The summed E-state index contributed by atoms with van der Waals surface area (Å²) in [4.78, 5) is 4.25. The number of rotatable bonds is 1. The molecule has 0 fully saturated rings. The van der Waals surface area contributed by atoms with Crippen LogP contribution in [0.5, 0.6) is 0 Å². The molecule has 2 rings (SSSR count). The Morgan fingerprint density at radius 2 is 1.81 bits per heavy atom. The molecule has 0 aliphatic rings. The second-order valence-electron chi connectivity index (χ2n) is 3.26. The highest BCUT2D eigenvalue weighted by Gasteiger charge is 2.05. The number of hydrogen-bond donors (Lipinski definition) is 1. The van der Waals surface area contributed by atoms with Gasteiger partial charge in [0.15, 0.2) is 0 Å². The van der Waals surface area contributed by atoms with Crippen LogP contribution in [0.3, 0.4) is 0 Å². The van der Waals surface area contributed by atoms with E-state index in [4.69, 9.17) is 11.0 Å². The summed E-state index contributed by atoms with van der Waals surface area (Å²) >= 11 is 3.42. The van der Waals surface area contributed by atoms with Gasteiger partial charge >= 0.3 is 0 Å². The number of nitrogens with two attached hydrogens (primary N) is 1. The van der Waals surface area contributed by atoms with Crippen molar-refractivity contribution in [2.75, 3.05) is 5.73 Å². The molecule has 1 aromatic heterocycles. The number of aromatic nitrogens is 1. The highest BCUT2D eigenvalue weighted by atomic mass is 79.9. The zero-order valence-electron chi connectivity index (χ0n) is 8.31. The van der Waals surface area contributed by atoms with E-state index in [0.29, 0.717) is 11.4 Å². The lowest BCUT2D eigenvalue weighted by atomic mass is 10.1. The zero-order chi connectivity index (χ0) is 11.5. The van der Waals surface area contributed by atoms with Gasteiger partial charge in [-0.3, -0.25) is 0 Å². The fourth-order valence-electron chi connectivity index (χ4n) is 1.36. The summed E-state index contributed by atoms with van der Waals surface area (Å²) in [5, 5.41) is 8.70. The van der Waals surface area contributed by atoms with Gasteiger partial charge in [-0.15, -0.1) is 0 Å². The Bertz CT molecular complexity index is 555. The van der Waals surface area contributed by atoms with Gasteiger partial charge in [-0.2, -0.15) is 5.26 Å². The van der Waals surface area contributed by atoms with Crippen molar-refractivity contribution < 1.29 is 0 Å². The molecule has 0 saturated carbocycles. The maximum Gasteiger partial charge on any atom is 0.124 e. The number of benzene rings is 1. The molecule has 0 saturated heterocycles. The fourth-order valence-corrected chi connectivity index (χ4v) is 1.81. The van der Waals surface area contributed by atoms with Gasteiger partial charge in [0.2, 0.25) is 0 Å². The Balaban J connectivity index is 2.50. The number of nitrogen functional groups attached to an aromatic ring is 1. The Labute approximate surface area is 102 Å². The quantitative estimate of drug-likeness (QED) is 0.869. The first-order valence-corrected chi connectivity index (χ1v) is 5.42. The maximum absolute atomic E-state index is 8.70. The lowest BCUT2D eigenvalue weighted by molar-refractivity contribution is 1.31. The largest absolute Gasteiger partial charge is 0.384 e. The summed E-state index contributed by atoms with van der Waals surface area (Å²) in [5.41, 5.74) is 7.98. The third-order valence-electron chi connectivity index (χ3n) is 2.15. The van der Waals surface area contributed by atoms with Crippen LogP contribution >= 0.6 is 15.9 Å². The molecule has 0 bridgehead atoms. The lowest BCUT2D eigenvalue weighted by Crippen LogP contribution is -1.92. The first kappa shape index (κ1) is 10.7. The Morgan fingerprint density at radius 3 is 2.44 bits per heavy atom. The fraction of sp³-hybridized carbons (Fsp3) is 0. The van der Waals surface area contributed by atoms with Gasteiger partial charge in [-0.1, -0.05) is 12.1 Å². The molecule has 1 heterocycles. The van der Waals surface area contributed by atoms with Crippen molar-refractivity contribution in [3.8, 4) is 17.3 Å². The summed E-state index contributed by atoms with van der Waals surface area (Å²) < 4.78 is 0.881. The average molecular weight is 274 g/mol. The van der Waals surface area contributed by atoms with E-state index < -0.39 is 0 Å². The molecule has 0 spiro atoms. The van der Waals surface area contributed by atoms with Gasteiger partial charge in [0.25, 0.3) is 0 Å². The van der Waals surface area contributed by atoms with E-state index in [9.17, 15) is 0 Å². The van der Waals surface area contributed by atoms with Gasteiger partial charge < -0.3 is 5.73 Å². The predicted molar refractivity (Wildman–Crippen MR) is 66.5 cm³/mol. The van der Waals surface area contributed by atoms with Crippen LogP contribution in [0.2, 0.25) is 0 Å². The van der Waals surface area contributed by atoms with E-state index in [2.05, 4.69) is 27.0 Å². The average Bonchev–Trinajstić information content (AvgIpc) is 2.32. The smallest absolute Gasteiger partial charge is 0.124 e. The minimum absolute atomic E-state index is 0.475. The Hall–Kier alpha value is -1.86. The molecule has 0 amide bonds. The molecular weight excluding hydrogens is 266 g/mol. The Kier molecular flexibility index (Phi) is 2.88. The van der Waals surface area contributed by atoms with Crippen molar-refractivity contribution in [3.63, 3.8) is 0 Å². The summed E-state index contributed by atoms with van der Waals surface area (Å²) in [5.74, 6) is 0.475. The maximum atomic E-state index is 8.70. The van der Waals surface area contributed by atoms with E-state index in [1.165, 1.54) is 0 Å². The molecule has 1 aromatic carbocycles. The second-order valence-corrected chi connectivity index (χ2v) is 4.11. The molecule has 2 N–H and O–H groups in total. The van der Waals surface area contributed by atoms with Crippen LogP contribution in [0.1, 0.15) is 5.56 Å². The minimum Gasteiger partial charge on any atom is -0.384 e. The molecule has 0 radical (unpaired) electrons. The van der Waals surface area contributed by atoms with Crippen LogP contribution < -0.4 is 5.73 Å². The summed E-state index contributed by atoms with van der Waals surface area (Å²) in [6.45, 7) is 0. The standard InChI is InChI=1S/C12H8BrN3/c13-10-5-6-11(15)16-12(10)9-3-1-8(7-14)2-4-9/h1-6H,(H2,15,16). The summed E-state index contributed by atoms with van der Waals surface area (Å²) in [7, 11) is 0. The van der Waals surface area contributed by atoms with Crippen molar-refractivity contribution >= 4 is 21.7 Å². The molecule has 0 aliphatic carbocycles. The first-order valence-electron chi connectivity index (χ1n) is 4.63. The van der Waals surface area contributed by atoms with Gasteiger partial charge in [0.05, 0.1) is 17.3 Å². The second kappa shape index (κ2) is 4.33. The molecule has 4 heteroatoms.